The first-order valence-electron chi connectivity index (χ1n) is 6.50. The predicted octanol–water partition coefficient (Wildman–Crippen LogP) is 4.30. The van der Waals surface area contributed by atoms with Crippen LogP contribution in [0.5, 0.6) is 0 Å². The molecule has 6 heteroatoms. The van der Waals surface area contributed by atoms with Crippen LogP contribution in [0.4, 0.5) is 10.8 Å². The summed E-state index contributed by atoms with van der Waals surface area (Å²) >= 11 is 7.25. The molecule has 1 aromatic heterocycles. The highest BCUT2D eigenvalue weighted by Gasteiger charge is 2.10. The van der Waals surface area contributed by atoms with Crippen molar-refractivity contribution in [2.45, 2.75) is 0 Å². The second kappa shape index (κ2) is 6.17. The van der Waals surface area contributed by atoms with Crippen LogP contribution in [0.3, 0.4) is 0 Å². The molecule has 4 nitrogen and oxygen atoms in total. The number of nitrogens with one attached hydrogen (secondary N) is 1. The molecule has 3 N–H and O–H groups in total. The molecule has 0 radical (unpaired) electrons. The maximum atomic E-state index is 12.1. The number of halogens is 1. The van der Waals surface area contributed by atoms with Crippen LogP contribution in [0.15, 0.2) is 53.9 Å². The smallest absolute Gasteiger partial charge is 0.257 e. The summed E-state index contributed by atoms with van der Waals surface area (Å²) < 4.78 is 0. The minimum absolute atomic E-state index is 0.240. The Balaban J connectivity index is 1.78. The average Bonchev–Trinajstić information content (AvgIpc) is 2.96. The number of hydrogen-bond acceptors (Lipinski definition) is 4. The fourth-order valence-corrected chi connectivity index (χ4v) is 2.87. The number of nitrogens with zero attached hydrogens (tertiary/aromatic N) is 1. The van der Waals surface area contributed by atoms with Crippen LogP contribution >= 0.6 is 22.9 Å². The summed E-state index contributed by atoms with van der Waals surface area (Å²) in [6.45, 7) is 0. The van der Waals surface area contributed by atoms with E-state index < -0.39 is 0 Å². The topological polar surface area (TPSA) is 68.0 Å². The van der Waals surface area contributed by atoms with E-state index in [0.29, 0.717) is 21.4 Å². The van der Waals surface area contributed by atoms with E-state index in [1.54, 1.807) is 24.3 Å². The number of thiazole rings is 1. The zero-order valence-electron chi connectivity index (χ0n) is 11.4. The lowest BCUT2D eigenvalue weighted by molar-refractivity contribution is 0.102. The fourth-order valence-electron chi connectivity index (χ4n) is 1.96. The maximum absolute atomic E-state index is 12.1. The lowest BCUT2D eigenvalue weighted by Gasteiger charge is -2.02. The van der Waals surface area contributed by atoms with Crippen LogP contribution < -0.4 is 11.1 Å². The van der Waals surface area contributed by atoms with Crippen molar-refractivity contribution in [2.24, 2.45) is 0 Å². The largest absolute Gasteiger partial charge is 0.399 e. The molecule has 1 amide bonds. The molecule has 0 fully saturated rings. The maximum Gasteiger partial charge on any atom is 0.257 e. The van der Waals surface area contributed by atoms with E-state index >= 15 is 0 Å². The van der Waals surface area contributed by atoms with Gasteiger partial charge in [-0.1, -0.05) is 29.8 Å². The van der Waals surface area contributed by atoms with Crippen LogP contribution in [-0.2, 0) is 0 Å². The van der Waals surface area contributed by atoms with Gasteiger partial charge in [0.05, 0.1) is 5.69 Å². The molecule has 0 aliphatic carbocycles. The zero-order chi connectivity index (χ0) is 15.5. The SMILES string of the molecule is Nc1cccc(-c2csc(NC(=O)c3cccc(Cl)c3)n2)c1. The first-order chi connectivity index (χ1) is 10.6. The van der Waals surface area contributed by atoms with Crippen molar-refractivity contribution in [3.05, 3.63) is 64.5 Å². The molecule has 0 saturated heterocycles. The van der Waals surface area contributed by atoms with Gasteiger partial charge < -0.3 is 5.73 Å². The van der Waals surface area contributed by atoms with Gasteiger partial charge in [0.25, 0.3) is 5.91 Å². The molecule has 0 saturated carbocycles. The van der Waals surface area contributed by atoms with Gasteiger partial charge in [-0.15, -0.1) is 11.3 Å². The van der Waals surface area contributed by atoms with E-state index in [9.17, 15) is 4.79 Å². The van der Waals surface area contributed by atoms with Crippen molar-refractivity contribution in [1.29, 1.82) is 0 Å². The van der Waals surface area contributed by atoms with Gasteiger partial charge in [-0.3, -0.25) is 10.1 Å². The van der Waals surface area contributed by atoms with Gasteiger partial charge in [-0.05, 0) is 30.3 Å². The summed E-state index contributed by atoms with van der Waals surface area (Å²) in [6, 6.07) is 14.2. The van der Waals surface area contributed by atoms with Crippen molar-refractivity contribution in [2.75, 3.05) is 11.1 Å². The van der Waals surface area contributed by atoms with Crippen molar-refractivity contribution < 1.29 is 4.79 Å². The number of anilines is 2. The minimum atomic E-state index is -0.240. The third kappa shape index (κ3) is 3.27. The zero-order valence-corrected chi connectivity index (χ0v) is 13.0. The molecule has 1 heterocycles. The number of benzene rings is 2. The van der Waals surface area contributed by atoms with Crippen molar-refractivity contribution in [3.8, 4) is 11.3 Å². The van der Waals surface area contributed by atoms with E-state index in [4.69, 9.17) is 17.3 Å². The number of nitrogens with two attached hydrogens (primary N) is 1. The Labute approximate surface area is 136 Å². The lowest BCUT2D eigenvalue weighted by Crippen LogP contribution is -2.11. The lowest BCUT2D eigenvalue weighted by atomic mass is 10.1. The number of nitrogen functional groups attached to an aromatic ring is 1. The van der Waals surface area contributed by atoms with Crippen LogP contribution in [0.25, 0.3) is 11.3 Å². The predicted molar refractivity (Wildman–Crippen MR) is 91.4 cm³/mol. The summed E-state index contributed by atoms with van der Waals surface area (Å²) in [7, 11) is 0. The molecule has 3 aromatic rings. The molecule has 110 valence electrons. The monoisotopic (exact) mass is 329 g/mol. The Kier molecular flexibility index (Phi) is 4.09. The number of rotatable bonds is 3. The van der Waals surface area contributed by atoms with E-state index in [1.165, 1.54) is 11.3 Å². The Morgan fingerprint density at radius 3 is 2.77 bits per heavy atom. The number of carbonyl (C=O) groups is 1. The van der Waals surface area contributed by atoms with Gasteiger partial charge in [-0.25, -0.2) is 4.98 Å². The van der Waals surface area contributed by atoms with Gasteiger partial charge in [0.1, 0.15) is 0 Å². The number of carbonyl (C=O) groups excluding carboxylic acids is 1. The standard InChI is InChI=1S/C16H12ClN3OS/c17-12-5-1-4-11(7-12)15(21)20-16-19-14(9-22-16)10-3-2-6-13(18)8-10/h1-9H,18H2,(H,19,20,21). The van der Waals surface area contributed by atoms with Gasteiger partial charge in [0.15, 0.2) is 5.13 Å². The Hall–Kier alpha value is -2.37. The number of amides is 1. The van der Waals surface area contributed by atoms with Gasteiger partial charge in [-0.2, -0.15) is 0 Å². The van der Waals surface area contributed by atoms with Crippen LogP contribution in [0, 0.1) is 0 Å². The molecule has 3 rings (SSSR count). The molecule has 22 heavy (non-hydrogen) atoms. The Morgan fingerprint density at radius 2 is 2.00 bits per heavy atom. The van der Waals surface area contributed by atoms with Gasteiger partial charge in [0, 0.05) is 27.2 Å². The number of aromatic nitrogens is 1. The van der Waals surface area contributed by atoms with Crippen LogP contribution in [-0.4, -0.2) is 10.9 Å². The highest BCUT2D eigenvalue weighted by atomic mass is 35.5. The van der Waals surface area contributed by atoms with Crippen molar-refractivity contribution >= 4 is 39.7 Å². The molecule has 2 aromatic carbocycles. The Bertz CT molecular complexity index is 832. The summed E-state index contributed by atoms with van der Waals surface area (Å²) in [5.74, 6) is -0.240. The second-order valence-corrected chi connectivity index (χ2v) is 5.92. The van der Waals surface area contributed by atoms with Crippen LogP contribution in [0.1, 0.15) is 10.4 Å². The first-order valence-corrected chi connectivity index (χ1v) is 7.76. The molecule has 0 bridgehead atoms. The molecule has 0 aliphatic rings. The van der Waals surface area contributed by atoms with Crippen LogP contribution in [0.2, 0.25) is 5.02 Å². The molecule has 0 spiro atoms. The summed E-state index contributed by atoms with van der Waals surface area (Å²) in [5, 5.41) is 5.70. The second-order valence-electron chi connectivity index (χ2n) is 4.63. The summed E-state index contributed by atoms with van der Waals surface area (Å²) in [6.07, 6.45) is 0. The van der Waals surface area contributed by atoms with Crippen molar-refractivity contribution in [1.82, 2.24) is 4.98 Å². The number of hydrogen-bond donors (Lipinski definition) is 2. The quantitative estimate of drug-likeness (QED) is 0.704. The van der Waals surface area contributed by atoms with Crippen molar-refractivity contribution in [3.63, 3.8) is 0 Å². The van der Waals surface area contributed by atoms with E-state index in [0.717, 1.165) is 11.3 Å². The first kappa shape index (κ1) is 14.6. The summed E-state index contributed by atoms with van der Waals surface area (Å²) in [4.78, 5) is 16.6. The highest BCUT2D eigenvalue weighted by molar-refractivity contribution is 7.14. The third-order valence-corrected chi connectivity index (χ3v) is 3.99. The van der Waals surface area contributed by atoms with E-state index in [-0.39, 0.29) is 5.91 Å². The molecular formula is C16H12ClN3OS. The molecule has 0 unspecified atom stereocenters. The third-order valence-electron chi connectivity index (χ3n) is 2.99. The molecule has 0 atom stereocenters. The Morgan fingerprint density at radius 1 is 1.18 bits per heavy atom. The van der Waals surface area contributed by atoms with Gasteiger partial charge in [0.2, 0.25) is 0 Å². The van der Waals surface area contributed by atoms with Gasteiger partial charge >= 0.3 is 0 Å². The van der Waals surface area contributed by atoms with E-state index in [1.807, 2.05) is 29.6 Å². The molecule has 0 aliphatic heterocycles. The minimum Gasteiger partial charge on any atom is -0.399 e. The molecular weight excluding hydrogens is 318 g/mol. The summed E-state index contributed by atoms with van der Waals surface area (Å²) in [5.41, 5.74) is 8.63. The average molecular weight is 330 g/mol. The highest BCUT2D eigenvalue weighted by Crippen LogP contribution is 2.26. The normalized spacial score (nSPS) is 10.4. The van der Waals surface area contributed by atoms with E-state index in [2.05, 4.69) is 10.3 Å². The fraction of sp³-hybridized carbons (Fsp3) is 0.